The summed E-state index contributed by atoms with van der Waals surface area (Å²) in [6.45, 7) is 5.40. The number of ether oxygens (including phenoxy) is 2. The lowest BCUT2D eigenvalue weighted by molar-refractivity contribution is -0.133. The van der Waals surface area contributed by atoms with Crippen molar-refractivity contribution in [3.63, 3.8) is 0 Å². The Hall–Kier alpha value is -3.72. The fraction of sp³-hybridized carbons (Fsp3) is 0.360. The van der Waals surface area contributed by atoms with E-state index < -0.39 is 6.09 Å². The molecule has 4 N–H and O–H groups in total. The first-order valence-corrected chi connectivity index (χ1v) is 11.6. The number of fused-ring (bicyclic) bond motifs is 1. The van der Waals surface area contributed by atoms with E-state index in [2.05, 4.69) is 15.2 Å². The summed E-state index contributed by atoms with van der Waals surface area (Å²) in [6.07, 6.45) is 2.29. The highest BCUT2D eigenvalue weighted by atomic mass is 16.5. The SMILES string of the molecule is CCOC(=O)Nc1ccc(N2CCN(C(=O)COc3ccc4[nH]cc(CCN)c4c3)CC2)cc1. The largest absolute Gasteiger partial charge is 0.484 e. The molecule has 0 bridgehead atoms. The van der Waals surface area contributed by atoms with Crippen LogP contribution in [0.4, 0.5) is 16.2 Å². The molecule has 9 nitrogen and oxygen atoms in total. The summed E-state index contributed by atoms with van der Waals surface area (Å²) in [7, 11) is 0. The Morgan fingerprint density at radius 1 is 1.09 bits per heavy atom. The van der Waals surface area contributed by atoms with Crippen LogP contribution in [-0.4, -0.2) is 67.8 Å². The Bertz CT molecular complexity index is 1120. The first-order valence-electron chi connectivity index (χ1n) is 11.6. The van der Waals surface area contributed by atoms with Gasteiger partial charge >= 0.3 is 6.09 Å². The fourth-order valence-electron chi connectivity index (χ4n) is 4.10. The third kappa shape index (κ3) is 5.60. The van der Waals surface area contributed by atoms with E-state index in [1.54, 1.807) is 6.92 Å². The molecule has 2 aromatic carbocycles. The maximum absolute atomic E-state index is 12.7. The lowest BCUT2D eigenvalue weighted by Gasteiger charge is -2.36. The summed E-state index contributed by atoms with van der Waals surface area (Å²) in [4.78, 5) is 31.5. The molecular formula is C25H31N5O4. The highest BCUT2D eigenvalue weighted by Crippen LogP contribution is 2.24. The second kappa shape index (κ2) is 10.9. The minimum Gasteiger partial charge on any atom is -0.484 e. The molecule has 2 heterocycles. The van der Waals surface area contributed by atoms with Crippen molar-refractivity contribution in [1.82, 2.24) is 9.88 Å². The maximum atomic E-state index is 12.7. The number of aromatic amines is 1. The monoisotopic (exact) mass is 465 g/mol. The molecule has 1 aromatic heterocycles. The average molecular weight is 466 g/mol. The van der Waals surface area contributed by atoms with Crippen molar-refractivity contribution >= 4 is 34.3 Å². The maximum Gasteiger partial charge on any atom is 0.411 e. The molecule has 1 aliphatic heterocycles. The van der Waals surface area contributed by atoms with Gasteiger partial charge in [0.05, 0.1) is 6.61 Å². The molecule has 3 aromatic rings. The molecule has 2 amide bonds. The molecule has 9 heteroatoms. The third-order valence-electron chi connectivity index (χ3n) is 5.90. The second-order valence-electron chi connectivity index (χ2n) is 8.11. The van der Waals surface area contributed by atoms with E-state index in [0.29, 0.717) is 37.7 Å². The van der Waals surface area contributed by atoms with Gasteiger partial charge in [-0.25, -0.2) is 4.79 Å². The summed E-state index contributed by atoms with van der Waals surface area (Å²) < 4.78 is 10.7. The topological polar surface area (TPSA) is 113 Å². The van der Waals surface area contributed by atoms with Gasteiger partial charge in [-0.15, -0.1) is 0 Å². The molecular weight excluding hydrogens is 434 g/mol. The van der Waals surface area contributed by atoms with Gasteiger partial charge in [0, 0.05) is 54.7 Å². The van der Waals surface area contributed by atoms with E-state index in [1.807, 2.05) is 53.6 Å². The third-order valence-corrected chi connectivity index (χ3v) is 5.90. The molecule has 0 aliphatic carbocycles. The van der Waals surface area contributed by atoms with E-state index in [4.69, 9.17) is 15.2 Å². The van der Waals surface area contributed by atoms with Crippen molar-refractivity contribution in [3.8, 4) is 5.75 Å². The number of amides is 2. The highest BCUT2D eigenvalue weighted by Gasteiger charge is 2.22. The van der Waals surface area contributed by atoms with Crippen LogP contribution in [0, 0.1) is 0 Å². The Morgan fingerprint density at radius 3 is 2.56 bits per heavy atom. The van der Waals surface area contributed by atoms with E-state index in [1.165, 1.54) is 0 Å². The zero-order valence-corrected chi connectivity index (χ0v) is 19.4. The number of nitrogens with one attached hydrogen (secondary N) is 2. The van der Waals surface area contributed by atoms with Crippen LogP contribution in [0.3, 0.4) is 0 Å². The molecule has 0 atom stereocenters. The van der Waals surface area contributed by atoms with Crippen molar-refractivity contribution in [2.75, 3.05) is 56.2 Å². The van der Waals surface area contributed by atoms with Crippen molar-refractivity contribution < 1.29 is 19.1 Å². The van der Waals surface area contributed by atoms with Crippen LogP contribution in [0.25, 0.3) is 10.9 Å². The van der Waals surface area contributed by atoms with Gasteiger partial charge in [-0.05, 0) is 67.9 Å². The molecule has 180 valence electrons. The van der Waals surface area contributed by atoms with Gasteiger partial charge in [0.1, 0.15) is 5.75 Å². The van der Waals surface area contributed by atoms with Gasteiger partial charge in [-0.1, -0.05) is 0 Å². The molecule has 0 radical (unpaired) electrons. The Morgan fingerprint density at radius 2 is 1.85 bits per heavy atom. The molecule has 0 saturated carbocycles. The first kappa shape index (κ1) is 23.4. The molecule has 0 spiro atoms. The summed E-state index contributed by atoms with van der Waals surface area (Å²) in [5.41, 5.74) is 9.60. The second-order valence-corrected chi connectivity index (χ2v) is 8.11. The number of benzene rings is 2. The summed E-state index contributed by atoms with van der Waals surface area (Å²) in [6, 6.07) is 13.4. The zero-order valence-electron chi connectivity index (χ0n) is 19.4. The van der Waals surface area contributed by atoms with Crippen LogP contribution in [0.15, 0.2) is 48.7 Å². The number of rotatable bonds is 8. The highest BCUT2D eigenvalue weighted by molar-refractivity contribution is 5.85. The zero-order chi connectivity index (χ0) is 23.9. The number of hydrogen-bond acceptors (Lipinski definition) is 6. The van der Waals surface area contributed by atoms with Crippen molar-refractivity contribution in [2.24, 2.45) is 5.73 Å². The van der Waals surface area contributed by atoms with Crippen LogP contribution in [0.2, 0.25) is 0 Å². The average Bonchev–Trinajstić information content (AvgIpc) is 3.25. The van der Waals surface area contributed by atoms with Crippen LogP contribution in [-0.2, 0) is 16.0 Å². The predicted octanol–water partition coefficient (Wildman–Crippen LogP) is 2.97. The molecule has 1 aliphatic rings. The van der Waals surface area contributed by atoms with Crippen LogP contribution in [0.1, 0.15) is 12.5 Å². The van der Waals surface area contributed by atoms with Crippen molar-refractivity contribution in [1.29, 1.82) is 0 Å². The van der Waals surface area contributed by atoms with Gasteiger partial charge < -0.3 is 30.0 Å². The first-order chi connectivity index (χ1) is 16.6. The molecule has 0 unspecified atom stereocenters. The van der Waals surface area contributed by atoms with E-state index in [-0.39, 0.29) is 12.5 Å². The quantitative estimate of drug-likeness (QED) is 0.471. The Balaban J connectivity index is 1.26. The summed E-state index contributed by atoms with van der Waals surface area (Å²) in [5, 5.41) is 3.76. The summed E-state index contributed by atoms with van der Waals surface area (Å²) >= 11 is 0. The number of nitrogens with two attached hydrogens (primary N) is 1. The van der Waals surface area contributed by atoms with Crippen LogP contribution >= 0.6 is 0 Å². The lowest BCUT2D eigenvalue weighted by atomic mass is 10.1. The Kier molecular flexibility index (Phi) is 7.54. The van der Waals surface area contributed by atoms with Crippen LogP contribution in [0.5, 0.6) is 5.75 Å². The minimum absolute atomic E-state index is 0.0103. The normalized spacial score (nSPS) is 13.7. The number of carbonyl (C=O) groups is 2. The van der Waals surface area contributed by atoms with Crippen molar-refractivity contribution in [3.05, 3.63) is 54.2 Å². The van der Waals surface area contributed by atoms with E-state index in [0.717, 1.165) is 41.7 Å². The number of aromatic nitrogens is 1. The van der Waals surface area contributed by atoms with E-state index >= 15 is 0 Å². The van der Waals surface area contributed by atoms with E-state index in [9.17, 15) is 9.59 Å². The van der Waals surface area contributed by atoms with Gasteiger partial charge in [0.25, 0.3) is 5.91 Å². The molecule has 1 fully saturated rings. The molecule has 1 saturated heterocycles. The molecule has 34 heavy (non-hydrogen) atoms. The van der Waals surface area contributed by atoms with Gasteiger partial charge in [0.15, 0.2) is 6.61 Å². The number of anilines is 2. The van der Waals surface area contributed by atoms with Crippen LogP contribution < -0.4 is 20.7 Å². The fourth-order valence-corrected chi connectivity index (χ4v) is 4.10. The lowest BCUT2D eigenvalue weighted by Crippen LogP contribution is -2.50. The number of nitrogens with zero attached hydrogens (tertiary/aromatic N) is 2. The number of carbonyl (C=O) groups excluding carboxylic acids is 2. The van der Waals surface area contributed by atoms with Gasteiger partial charge in [-0.3, -0.25) is 10.1 Å². The standard InChI is InChI=1S/C25H31N5O4/c1-2-33-25(32)28-19-3-5-20(6-4-19)29-11-13-30(14-12-29)24(31)17-34-21-7-8-23-22(15-21)18(9-10-26)16-27-23/h3-8,15-16,27H,2,9-14,17,26H2,1H3,(H,28,32). The number of H-pyrrole nitrogens is 1. The van der Waals surface area contributed by atoms with Gasteiger partial charge in [0.2, 0.25) is 0 Å². The van der Waals surface area contributed by atoms with Crippen molar-refractivity contribution in [2.45, 2.75) is 13.3 Å². The molecule has 4 rings (SSSR count). The number of hydrogen-bond donors (Lipinski definition) is 3. The number of piperazine rings is 1. The van der Waals surface area contributed by atoms with Gasteiger partial charge in [-0.2, -0.15) is 0 Å². The summed E-state index contributed by atoms with van der Waals surface area (Å²) in [5.74, 6) is 0.652. The predicted molar refractivity (Wildman–Crippen MR) is 132 cm³/mol. The Labute approximate surface area is 198 Å². The smallest absolute Gasteiger partial charge is 0.411 e. The minimum atomic E-state index is -0.464.